The first-order valence-corrected chi connectivity index (χ1v) is 6.84. The standard InChI is InChI=1S/C15H19N3O2/c1-3-6-15(2,16)14-17-8-11(18-14)10-4-5-12-13(7-10)20-9-19-12/h4-5,7-8H,3,6,9,16H2,1-2H3,(H,17,18). The maximum absolute atomic E-state index is 6.29. The first kappa shape index (κ1) is 13.0. The number of hydrogen-bond acceptors (Lipinski definition) is 4. The molecule has 3 rings (SSSR count). The van der Waals surface area contributed by atoms with Gasteiger partial charge in [-0.1, -0.05) is 13.3 Å². The summed E-state index contributed by atoms with van der Waals surface area (Å²) in [6.45, 7) is 4.40. The predicted octanol–water partition coefficient (Wildman–Crippen LogP) is 2.78. The molecule has 5 heteroatoms. The van der Waals surface area contributed by atoms with E-state index in [9.17, 15) is 0 Å². The first-order chi connectivity index (χ1) is 9.60. The zero-order valence-electron chi connectivity index (χ0n) is 11.8. The minimum Gasteiger partial charge on any atom is -0.454 e. The Labute approximate surface area is 118 Å². The third kappa shape index (κ3) is 2.25. The second kappa shape index (κ2) is 4.83. The number of aromatic nitrogens is 2. The minimum absolute atomic E-state index is 0.282. The monoisotopic (exact) mass is 273 g/mol. The highest BCUT2D eigenvalue weighted by Gasteiger charge is 2.24. The van der Waals surface area contributed by atoms with Gasteiger partial charge in [-0.2, -0.15) is 0 Å². The maximum atomic E-state index is 6.29. The van der Waals surface area contributed by atoms with Gasteiger partial charge in [-0.25, -0.2) is 4.98 Å². The maximum Gasteiger partial charge on any atom is 0.231 e. The fourth-order valence-corrected chi connectivity index (χ4v) is 2.46. The summed E-state index contributed by atoms with van der Waals surface area (Å²) in [6.07, 6.45) is 3.72. The molecule has 0 saturated carbocycles. The zero-order valence-corrected chi connectivity index (χ0v) is 11.8. The van der Waals surface area contributed by atoms with E-state index in [2.05, 4.69) is 16.9 Å². The number of H-pyrrole nitrogens is 1. The summed E-state index contributed by atoms with van der Waals surface area (Å²) in [5, 5.41) is 0. The van der Waals surface area contributed by atoms with Crippen molar-refractivity contribution in [3.63, 3.8) is 0 Å². The van der Waals surface area contributed by atoms with E-state index in [4.69, 9.17) is 15.2 Å². The molecule has 0 spiro atoms. The highest BCUT2D eigenvalue weighted by Crippen LogP contribution is 2.35. The lowest BCUT2D eigenvalue weighted by atomic mass is 9.97. The van der Waals surface area contributed by atoms with E-state index in [1.807, 2.05) is 31.3 Å². The van der Waals surface area contributed by atoms with Gasteiger partial charge in [0.05, 0.1) is 17.4 Å². The highest BCUT2D eigenvalue weighted by molar-refractivity contribution is 5.64. The molecule has 1 aliphatic rings. The van der Waals surface area contributed by atoms with Crippen molar-refractivity contribution in [3.05, 3.63) is 30.2 Å². The molecule has 106 valence electrons. The second-order valence-electron chi connectivity index (χ2n) is 5.38. The molecule has 1 unspecified atom stereocenters. The van der Waals surface area contributed by atoms with E-state index in [-0.39, 0.29) is 6.79 Å². The molecular weight excluding hydrogens is 254 g/mol. The molecule has 20 heavy (non-hydrogen) atoms. The summed E-state index contributed by atoms with van der Waals surface area (Å²) in [5.74, 6) is 2.36. The lowest BCUT2D eigenvalue weighted by molar-refractivity contribution is 0.174. The number of nitrogens with two attached hydrogens (primary N) is 1. The van der Waals surface area contributed by atoms with Crippen LogP contribution in [0.5, 0.6) is 11.5 Å². The molecule has 0 bridgehead atoms. The Balaban J connectivity index is 1.90. The summed E-state index contributed by atoms with van der Waals surface area (Å²) >= 11 is 0. The number of nitrogens with one attached hydrogen (secondary N) is 1. The van der Waals surface area contributed by atoms with Crippen LogP contribution in [-0.4, -0.2) is 16.8 Å². The van der Waals surface area contributed by atoms with Gasteiger partial charge in [0.15, 0.2) is 11.5 Å². The fraction of sp³-hybridized carbons (Fsp3) is 0.400. The molecule has 3 N–H and O–H groups in total. The Kier molecular flexibility index (Phi) is 3.14. The lowest BCUT2D eigenvalue weighted by Crippen LogP contribution is -2.34. The summed E-state index contributed by atoms with van der Waals surface area (Å²) < 4.78 is 10.7. The SMILES string of the molecule is CCCC(C)(N)c1ncc(-c2ccc3c(c2)OCO3)[nH]1. The van der Waals surface area contributed by atoms with Crippen LogP contribution in [0.25, 0.3) is 11.3 Å². The Morgan fingerprint density at radius 2 is 2.15 bits per heavy atom. The van der Waals surface area contributed by atoms with Gasteiger partial charge in [-0.05, 0) is 31.5 Å². The number of ether oxygens (including phenoxy) is 2. The van der Waals surface area contributed by atoms with E-state index in [0.717, 1.165) is 41.4 Å². The van der Waals surface area contributed by atoms with Gasteiger partial charge >= 0.3 is 0 Å². The van der Waals surface area contributed by atoms with E-state index in [0.29, 0.717) is 0 Å². The Bertz CT molecular complexity index is 619. The van der Waals surface area contributed by atoms with Crippen molar-refractivity contribution in [1.29, 1.82) is 0 Å². The molecule has 5 nitrogen and oxygen atoms in total. The molecule has 0 fully saturated rings. The molecule has 1 aliphatic heterocycles. The number of hydrogen-bond donors (Lipinski definition) is 2. The van der Waals surface area contributed by atoms with Crippen LogP contribution in [0, 0.1) is 0 Å². The van der Waals surface area contributed by atoms with Crippen molar-refractivity contribution >= 4 is 0 Å². The Morgan fingerprint density at radius 1 is 1.35 bits per heavy atom. The van der Waals surface area contributed by atoms with Gasteiger partial charge in [-0.3, -0.25) is 0 Å². The molecular formula is C15H19N3O2. The van der Waals surface area contributed by atoms with Crippen LogP contribution in [0.2, 0.25) is 0 Å². The number of aromatic amines is 1. The average molecular weight is 273 g/mol. The van der Waals surface area contributed by atoms with E-state index in [1.54, 1.807) is 0 Å². The smallest absolute Gasteiger partial charge is 0.231 e. The molecule has 0 aliphatic carbocycles. The number of rotatable bonds is 4. The summed E-state index contributed by atoms with van der Waals surface area (Å²) in [6, 6.07) is 5.84. The van der Waals surface area contributed by atoms with Gasteiger partial charge in [0.1, 0.15) is 5.82 Å². The van der Waals surface area contributed by atoms with Crippen LogP contribution >= 0.6 is 0 Å². The normalized spacial score (nSPS) is 16.1. The Hall–Kier alpha value is -2.01. The van der Waals surface area contributed by atoms with E-state index in [1.165, 1.54) is 0 Å². The Morgan fingerprint density at radius 3 is 2.95 bits per heavy atom. The van der Waals surface area contributed by atoms with Gasteiger partial charge in [0, 0.05) is 5.56 Å². The van der Waals surface area contributed by atoms with Crippen LogP contribution in [0.15, 0.2) is 24.4 Å². The van der Waals surface area contributed by atoms with Gasteiger partial charge in [0.25, 0.3) is 0 Å². The van der Waals surface area contributed by atoms with Gasteiger partial charge in [-0.15, -0.1) is 0 Å². The van der Waals surface area contributed by atoms with Crippen LogP contribution in [-0.2, 0) is 5.54 Å². The number of nitrogens with zero attached hydrogens (tertiary/aromatic N) is 1. The van der Waals surface area contributed by atoms with E-state index < -0.39 is 5.54 Å². The first-order valence-electron chi connectivity index (χ1n) is 6.84. The number of benzene rings is 1. The minimum atomic E-state index is -0.427. The summed E-state index contributed by atoms with van der Waals surface area (Å²) in [5.41, 5.74) is 7.81. The molecule has 1 atom stereocenters. The third-order valence-electron chi connectivity index (χ3n) is 3.57. The van der Waals surface area contributed by atoms with Crippen molar-refractivity contribution in [2.24, 2.45) is 5.73 Å². The third-order valence-corrected chi connectivity index (χ3v) is 3.57. The van der Waals surface area contributed by atoms with Crippen molar-refractivity contribution in [2.45, 2.75) is 32.2 Å². The van der Waals surface area contributed by atoms with Gasteiger partial charge in [0.2, 0.25) is 6.79 Å². The quantitative estimate of drug-likeness (QED) is 0.898. The van der Waals surface area contributed by atoms with E-state index >= 15 is 0 Å². The molecule has 1 aromatic heterocycles. The molecule has 2 heterocycles. The van der Waals surface area contributed by atoms with Gasteiger partial charge < -0.3 is 20.2 Å². The predicted molar refractivity (Wildman–Crippen MR) is 76.6 cm³/mol. The van der Waals surface area contributed by atoms with Crippen LogP contribution < -0.4 is 15.2 Å². The van der Waals surface area contributed by atoms with Crippen LogP contribution in [0.1, 0.15) is 32.5 Å². The van der Waals surface area contributed by atoms with Crippen molar-refractivity contribution in [3.8, 4) is 22.8 Å². The molecule has 0 radical (unpaired) electrons. The average Bonchev–Trinajstić information content (AvgIpc) is 3.07. The molecule has 0 amide bonds. The largest absolute Gasteiger partial charge is 0.454 e. The fourth-order valence-electron chi connectivity index (χ4n) is 2.46. The highest BCUT2D eigenvalue weighted by atomic mass is 16.7. The van der Waals surface area contributed by atoms with Crippen molar-refractivity contribution in [2.75, 3.05) is 6.79 Å². The van der Waals surface area contributed by atoms with Crippen molar-refractivity contribution < 1.29 is 9.47 Å². The summed E-state index contributed by atoms with van der Waals surface area (Å²) in [7, 11) is 0. The summed E-state index contributed by atoms with van der Waals surface area (Å²) in [4.78, 5) is 7.74. The molecule has 0 saturated heterocycles. The molecule has 2 aromatic rings. The lowest BCUT2D eigenvalue weighted by Gasteiger charge is -2.21. The van der Waals surface area contributed by atoms with Crippen molar-refractivity contribution in [1.82, 2.24) is 9.97 Å². The topological polar surface area (TPSA) is 73.2 Å². The van der Waals surface area contributed by atoms with Crippen LogP contribution in [0.3, 0.4) is 0 Å². The van der Waals surface area contributed by atoms with Crippen LogP contribution in [0.4, 0.5) is 0 Å². The zero-order chi connectivity index (χ0) is 14.2. The number of imidazole rings is 1. The number of fused-ring (bicyclic) bond motifs is 1. The molecule has 1 aromatic carbocycles. The second-order valence-corrected chi connectivity index (χ2v) is 5.38.